The molecule has 0 fully saturated rings. The van der Waals surface area contributed by atoms with Crippen molar-refractivity contribution in [2.24, 2.45) is 0 Å². The zero-order chi connectivity index (χ0) is 57.1. The molecular formula is C73H118O6. The summed E-state index contributed by atoms with van der Waals surface area (Å²) >= 11 is 0. The molecule has 79 heavy (non-hydrogen) atoms. The Kier molecular flexibility index (Phi) is 61.9. The topological polar surface area (TPSA) is 78.9 Å². The second-order valence-electron chi connectivity index (χ2n) is 20.9. The summed E-state index contributed by atoms with van der Waals surface area (Å²) < 4.78 is 16.9. The van der Waals surface area contributed by atoms with Crippen LogP contribution in [0.4, 0.5) is 0 Å². The Morgan fingerprint density at radius 2 is 0.494 bits per heavy atom. The Morgan fingerprint density at radius 1 is 0.266 bits per heavy atom. The van der Waals surface area contributed by atoms with E-state index >= 15 is 0 Å². The maximum Gasteiger partial charge on any atom is 0.306 e. The van der Waals surface area contributed by atoms with Gasteiger partial charge in [-0.15, -0.1) is 0 Å². The fraction of sp³-hybridized carbons (Fsp3) is 0.630. The van der Waals surface area contributed by atoms with Crippen molar-refractivity contribution >= 4 is 17.9 Å². The third kappa shape index (κ3) is 64.0. The Bertz CT molecular complexity index is 1730. The number of esters is 3. The first-order valence-corrected chi connectivity index (χ1v) is 32.3. The van der Waals surface area contributed by atoms with Crippen LogP contribution < -0.4 is 0 Å². The molecule has 0 aliphatic heterocycles. The lowest BCUT2D eigenvalue weighted by Crippen LogP contribution is -2.30. The van der Waals surface area contributed by atoms with E-state index in [1.165, 1.54) is 89.9 Å². The average molecular weight is 1090 g/mol. The molecule has 1 unspecified atom stereocenters. The molecule has 6 nitrogen and oxygen atoms in total. The van der Waals surface area contributed by atoms with Gasteiger partial charge >= 0.3 is 17.9 Å². The number of allylic oxidation sites excluding steroid dienone is 24. The van der Waals surface area contributed by atoms with E-state index in [9.17, 15) is 14.4 Å². The molecule has 0 saturated carbocycles. The summed E-state index contributed by atoms with van der Waals surface area (Å²) in [7, 11) is 0. The zero-order valence-corrected chi connectivity index (χ0v) is 51.1. The molecular weight excluding hydrogens is 973 g/mol. The maximum absolute atomic E-state index is 12.9. The van der Waals surface area contributed by atoms with E-state index < -0.39 is 6.10 Å². The zero-order valence-electron chi connectivity index (χ0n) is 51.1. The minimum absolute atomic E-state index is 0.0925. The SMILES string of the molecule is CC/C=C\C/C=C\C/C=C\C/C=C\C/C=C\C/C=C\CCCCCCCCCCCCC(=O)OCC(COC(=O)CCCCCCCCCCC)OC(=O)CCCCCC/C=C\C/C=C\C/C=C\C/C=C\C/C=C\C/C=C\CC. The summed E-state index contributed by atoms with van der Waals surface area (Å²) in [5.74, 6) is -0.925. The van der Waals surface area contributed by atoms with Crippen LogP contribution in [-0.4, -0.2) is 37.2 Å². The van der Waals surface area contributed by atoms with Crippen LogP contribution >= 0.6 is 0 Å². The van der Waals surface area contributed by atoms with Gasteiger partial charge in [-0.3, -0.25) is 14.4 Å². The van der Waals surface area contributed by atoms with Crippen molar-refractivity contribution < 1.29 is 28.6 Å². The van der Waals surface area contributed by atoms with Gasteiger partial charge in [-0.2, -0.15) is 0 Å². The van der Waals surface area contributed by atoms with Crippen molar-refractivity contribution in [1.29, 1.82) is 0 Å². The van der Waals surface area contributed by atoms with Gasteiger partial charge in [-0.05, 0) is 122 Å². The summed E-state index contributed by atoms with van der Waals surface area (Å²) in [6.45, 7) is 6.37. The molecule has 0 N–H and O–H groups in total. The predicted octanol–water partition coefficient (Wildman–Crippen LogP) is 22.3. The summed E-state index contributed by atoms with van der Waals surface area (Å²) in [4.78, 5) is 38.2. The highest BCUT2D eigenvalue weighted by Crippen LogP contribution is 2.15. The number of ether oxygens (including phenoxy) is 3. The molecule has 0 bridgehead atoms. The van der Waals surface area contributed by atoms with E-state index in [4.69, 9.17) is 14.2 Å². The minimum atomic E-state index is -0.798. The highest BCUT2D eigenvalue weighted by atomic mass is 16.6. The number of unbranched alkanes of at least 4 members (excludes halogenated alkanes) is 22. The van der Waals surface area contributed by atoms with Crippen LogP contribution in [0.2, 0.25) is 0 Å². The van der Waals surface area contributed by atoms with Gasteiger partial charge in [0.1, 0.15) is 13.2 Å². The van der Waals surface area contributed by atoms with Gasteiger partial charge in [0.05, 0.1) is 0 Å². The smallest absolute Gasteiger partial charge is 0.306 e. The van der Waals surface area contributed by atoms with Gasteiger partial charge in [0.2, 0.25) is 0 Å². The van der Waals surface area contributed by atoms with Crippen LogP contribution in [0.15, 0.2) is 146 Å². The Balaban J connectivity index is 4.29. The maximum atomic E-state index is 12.9. The molecule has 6 heteroatoms. The molecule has 0 amide bonds. The molecule has 0 aromatic heterocycles. The van der Waals surface area contributed by atoms with Crippen molar-refractivity contribution in [2.45, 2.75) is 284 Å². The largest absolute Gasteiger partial charge is 0.462 e. The number of carbonyl (C=O) groups excluding carboxylic acids is 3. The van der Waals surface area contributed by atoms with Gasteiger partial charge in [0.15, 0.2) is 6.10 Å². The molecule has 0 aliphatic carbocycles. The van der Waals surface area contributed by atoms with Crippen molar-refractivity contribution in [3.05, 3.63) is 146 Å². The molecule has 0 rings (SSSR count). The van der Waals surface area contributed by atoms with E-state index in [0.29, 0.717) is 19.3 Å². The third-order valence-corrected chi connectivity index (χ3v) is 13.3. The predicted molar refractivity (Wildman–Crippen MR) is 343 cm³/mol. The first-order valence-electron chi connectivity index (χ1n) is 32.3. The van der Waals surface area contributed by atoms with E-state index in [1.807, 2.05) is 0 Å². The lowest BCUT2D eigenvalue weighted by Gasteiger charge is -2.18. The van der Waals surface area contributed by atoms with Crippen LogP contribution in [0.5, 0.6) is 0 Å². The van der Waals surface area contributed by atoms with Gasteiger partial charge in [0.25, 0.3) is 0 Å². The number of rotatable bonds is 57. The van der Waals surface area contributed by atoms with Crippen molar-refractivity contribution in [2.75, 3.05) is 13.2 Å². The summed E-state index contributed by atoms with van der Waals surface area (Å²) in [6, 6.07) is 0. The summed E-state index contributed by atoms with van der Waals surface area (Å²) in [5.41, 5.74) is 0. The van der Waals surface area contributed by atoms with Crippen LogP contribution in [-0.2, 0) is 28.6 Å². The lowest BCUT2D eigenvalue weighted by atomic mass is 10.1. The molecule has 0 aromatic rings. The molecule has 0 radical (unpaired) electrons. The molecule has 0 saturated heterocycles. The normalized spacial score (nSPS) is 13.1. The van der Waals surface area contributed by atoms with Gasteiger partial charge < -0.3 is 14.2 Å². The lowest BCUT2D eigenvalue weighted by molar-refractivity contribution is -0.167. The molecule has 446 valence electrons. The highest BCUT2D eigenvalue weighted by Gasteiger charge is 2.19. The minimum Gasteiger partial charge on any atom is -0.462 e. The standard InChI is InChI=1S/C73H118O6/c1-4-7-10-13-16-19-21-23-25-27-29-31-33-34-35-36-37-38-40-41-43-45-47-49-51-54-57-60-63-66-72(75)78-69-70(68-77-71(74)65-62-59-56-53-18-15-12-9-6-3)79-73(76)67-64-61-58-55-52-50-48-46-44-42-39-32-30-28-26-24-22-20-17-14-11-8-5-2/h7-8,10-11,16-17,19-20,23-26,29-32,34-35,37-38,42,44,48,50,70H,4-6,9,12-15,18,21-22,27-28,33,36,39-41,43,45-47,49,51-69H2,1-3H3/b10-7-,11-8-,19-16-,20-17-,25-23-,26-24-,31-29-,32-30-,35-34-,38-37-,44-42-,50-48-. The van der Waals surface area contributed by atoms with Gasteiger partial charge in [0, 0.05) is 19.3 Å². The van der Waals surface area contributed by atoms with Crippen molar-refractivity contribution in [1.82, 2.24) is 0 Å². The van der Waals surface area contributed by atoms with Crippen LogP contribution in [0.25, 0.3) is 0 Å². The van der Waals surface area contributed by atoms with E-state index in [-0.39, 0.29) is 31.1 Å². The van der Waals surface area contributed by atoms with E-state index in [1.54, 1.807) is 0 Å². The van der Waals surface area contributed by atoms with E-state index in [0.717, 1.165) is 148 Å². The monoisotopic (exact) mass is 1090 g/mol. The van der Waals surface area contributed by atoms with E-state index in [2.05, 4.69) is 167 Å². The summed E-state index contributed by atoms with van der Waals surface area (Å²) in [6.07, 6.45) is 94.3. The molecule has 0 spiro atoms. The van der Waals surface area contributed by atoms with Crippen LogP contribution in [0.1, 0.15) is 278 Å². The van der Waals surface area contributed by atoms with Crippen molar-refractivity contribution in [3.63, 3.8) is 0 Å². The fourth-order valence-corrected chi connectivity index (χ4v) is 8.57. The first-order chi connectivity index (χ1) is 39.0. The average Bonchev–Trinajstić information content (AvgIpc) is 3.45. The quantitative estimate of drug-likeness (QED) is 0.0261. The van der Waals surface area contributed by atoms with Gasteiger partial charge in [-0.1, -0.05) is 282 Å². The third-order valence-electron chi connectivity index (χ3n) is 13.3. The number of hydrogen-bond acceptors (Lipinski definition) is 6. The fourth-order valence-electron chi connectivity index (χ4n) is 8.57. The molecule has 0 aromatic carbocycles. The summed E-state index contributed by atoms with van der Waals surface area (Å²) in [5, 5.41) is 0. The number of hydrogen-bond donors (Lipinski definition) is 0. The van der Waals surface area contributed by atoms with Crippen LogP contribution in [0, 0.1) is 0 Å². The Hall–Kier alpha value is -4.71. The number of carbonyl (C=O) groups is 3. The first kappa shape index (κ1) is 74.3. The molecule has 0 heterocycles. The Morgan fingerprint density at radius 3 is 0.772 bits per heavy atom. The van der Waals surface area contributed by atoms with Gasteiger partial charge in [-0.25, -0.2) is 0 Å². The van der Waals surface area contributed by atoms with Crippen molar-refractivity contribution in [3.8, 4) is 0 Å². The Labute approximate surface area is 487 Å². The second-order valence-corrected chi connectivity index (χ2v) is 20.9. The molecule has 0 aliphatic rings. The van der Waals surface area contributed by atoms with Crippen LogP contribution in [0.3, 0.4) is 0 Å². The highest BCUT2D eigenvalue weighted by molar-refractivity contribution is 5.71. The second kappa shape index (κ2) is 65.8. The molecule has 1 atom stereocenters.